The van der Waals surface area contributed by atoms with Gasteiger partial charge in [-0.2, -0.15) is 13.2 Å². The minimum atomic E-state index is -4.25. The zero-order chi connectivity index (χ0) is 14.7. The predicted octanol–water partition coefficient (Wildman–Crippen LogP) is 5.12. The molecule has 0 fully saturated rings. The van der Waals surface area contributed by atoms with Crippen molar-refractivity contribution in [2.24, 2.45) is 11.3 Å². The summed E-state index contributed by atoms with van der Waals surface area (Å²) in [7, 11) is 0. The number of rotatable bonds is 5. The first-order chi connectivity index (χ1) is 8.70. The van der Waals surface area contributed by atoms with Crippen molar-refractivity contribution in [3.05, 3.63) is 11.6 Å². The van der Waals surface area contributed by atoms with Gasteiger partial charge >= 0.3 is 6.18 Å². The molecule has 0 radical (unpaired) electrons. The Bertz CT molecular complexity index is 322. The van der Waals surface area contributed by atoms with E-state index in [0.29, 0.717) is 5.92 Å². The fraction of sp³-hybridized carbons (Fsp3) is 0.867. The van der Waals surface area contributed by atoms with E-state index in [4.69, 9.17) is 4.74 Å². The van der Waals surface area contributed by atoms with E-state index in [1.807, 2.05) is 6.92 Å². The van der Waals surface area contributed by atoms with Crippen LogP contribution in [0.5, 0.6) is 0 Å². The van der Waals surface area contributed by atoms with Gasteiger partial charge in [0.15, 0.2) is 0 Å². The van der Waals surface area contributed by atoms with Crippen LogP contribution in [0.2, 0.25) is 0 Å². The molecule has 0 aromatic heterocycles. The molecule has 112 valence electrons. The second-order valence-electron chi connectivity index (χ2n) is 5.91. The molecule has 0 aliphatic heterocycles. The van der Waals surface area contributed by atoms with Crippen LogP contribution in [0.4, 0.5) is 13.2 Å². The van der Waals surface area contributed by atoms with Gasteiger partial charge in [0.2, 0.25) is 0 Å². The van der Waals surface area contributed by atoms with E-state index in [0.717, 1.165) is 25.7 Å². The van der Waals surface area contributed by atoms with Crippen molar-refractivity contribution in [3.63, 3.8) is 0 Å². The predicted molar refractivity (Wildman–Crippen MR) is 71.0 cm³/mol. The summed E-state index contributed by atoms with van der Waals surface area (Å²) in [6.07, 6.45) is 1.52. The number of hydrogen-bond donors (Lipinski definition) is 0. The Morgan fingerprint density at radius 1 is 1.42 bits per heavy atom. The van der Waals surface area contributed by atoms with Gasteiger partial charge in [-0.3, -0.25) is 0 Å². The Morgan fingerprint density at radius 3 is 2.53 bits per heavy atom. The molecule has 1 aliphatic rings. The van der Waals surface area contributed by atoms with Crippen LogP contribution in [0.1, 0.15) is 53.4 Å². The highest BCUT2D eigenvalue weighted by Crippen LogP contribution is 2.43. The lowest BCUT2D eigenvalue weighted by Gasteiger charge is -2.40. The molecule has 0 saturated heterocycles. The molecule has 19 heavy (non-hydrogen) atoms. The fourth-order valence-corrected chi connectivity index (χ4v) is 2.88. The summed E-state index contributed by atoms with van der Waals surface area (Å²) in [5.41, 5.74) is 1.07. The van der Waals surface area contributed by atoms with Crippen LogP contribution >= 0.6 is 0 Å². The van der Waals surface area contributed by atoms with E-state index in [1.165, 1.54) is 5.57 Å². The lowest BCUT2D eigenvalue weighted by molar-refractivity contribution is -0.193. The average Bonchev–Trinajstić information content (AvgIpc) is 2.34. The van der Waals surface area contributed by atoms with Crippen LogP contribution in [0.3, 0.4) is 0 Å². The maximum Gasteiger partial charge on any atom is 0.411 e. The zero-order valence-corrected chi connectivity index (χ0v) is 12.3. The smallest absolute Gasteiger partial charge is 0.368 e. The van der Waals surface area contributed by atoms with E-state index >= 15 is 0 Å². The minimum absolute atomic E-state index is 0.282. The Morgan fingerprint density at radius 2 is 2.05 bits per heavy atom. The molecule has 0 amide bonds. The van der Waals surface area contributed by atoms with Crippen molar-refractivity contribution >= 4 is 0 Å². The molecular weight excluding hydrogens is 253 g/mol. The highest BCUT2D eigenvalue weighted by Gasteiger charge is 2.38. The van der Waals surface area contributed by atoms with Crippen molar-refractivity contribution in [2.45, 2.75) is 65.7 Å². The molecule has 1 rings (SSSR count). The molecular formula is C15H25F3O. The van der Waals surface area contributed by atoms with Crippen molar-refractivity contribution in [3.8, 4) is 0 Å². The maximum absolute atomic E-state index is 12.3. The highest BCUT2D eigenvalue weighted by atomic mass is 19.4. The van der Waals surface area contributed by atoms with Gasteiger partial charge in [0.05, 0.1) is 6.10 Å². The third kappa shape index (κ3) is 4.83. The lowest BCUT2D eigenvalue weighted by atomic mass is 9.69. The van der Waals surface area contributed by atoms with Gasteiger partial charge in [-0.25, -0.2) is 0 Å². The Hall–Kier alpha value is -0.510. The quantitative estimate of drug-likeness (QED) is 0.634. The summed E-state index contributed by atoms with van der Waals surface area (Å²) in [6, 6.07) is 0. The standard InChI is InChI=1S/C15H25F3O/c1-5-12-7-13(6-2)9-14(4,8-12)11(3)19-10-15(16,17)18/h8,11,13H,5-7,9-10H2,1-4H3. The number of hydrogen-bond acceptors (Lipinski definition) is 1. The normalized spacial score (nSPS) is 30.1. The van der Waals surface area contributed by atoms with Crippen molar-refractivity contribution in [1.82, 2.24) is 0 Å². The first-order valence-corrected chi connectivity index (χ1v) is 7.09. The maximum atomic E-state index is 12.3. The van der Waals surface area contributed by atoms with Crippen LogP contribution < -0.4 is 0 Å². The molecule has 3 unspecified atom stereocenters. The molecule has 0 N–H and O–H groups in total. The van der Waals surface area contributed by atoms with Gasteiger partial charge in [0.25, 0.3) is 0 Å². The molecule has 0 aromatic rings. The van der Waals surface area contributed by atoms with Crippen LogP contribution in [-0.2, 0) is 4.74 Å². The van der Waals surface area contributed by atoms with E-state index < -0.39 is 18.9 Å². The van der Waals surface area contributed by atoms with Gasteiger partial charge in [-0.05, 0) is 32.1 Å². The van der Waals surface area contributed by atoms with Crippen LogP contribution in [0.15, 0.2) is 11.6 Å². The SMILES string of the molecule is CCC1=CC(C)(C(C)OCC(F)(F)F)CC(CC)C1. The molecule has 0 heterocycles. The van der Waals surface area contributed by atoms with Crippen LogP contribution in [0, 0.1) is 11.3 Å². The van der Waals surface area contributed by atoms with Gasteiger partial charge < -0.3 is 4.74 Å². The van der Waals surface area contributed by atoms with Crippen molar-refractivity contribution in [1.29, 1.82) is 0 Å². The third-order valence-electron chi connectivity index (χ3n) is 4.27. The third-order valence-corrected chi connectivity index (χ3v) is 4.27. The Balaban J connectivity index is 2.76. The van der Waals surface area contributed by atoms with E-state index in [2.05, 4.69) is 19.9 Å². The second kappa shape index (κ2) is 6.29. The summed E-state index contributed by atoms with van der Waals surface area (Å²) in [4.78, 5) is 0. The van der Waals surface area contributed by atoms with Crippen molar-refractivity contribution < 1.29 is 17.9 Å². The van der Waals surface area contributed by atoms with Crippen LogP contribution in [0.25, 0.3) is 0 Å². The summed E-state index contributed by atoms with van der Waals surface area (Å²) in [6.45, 7) is 6.87. The molecule has 0 saturated carbocycles. The molecule has 1 aliphatic carbocycles. The van der Waals surface area contributed by atoms with Gasteiger partial charge in [0, 0.05) is 5.41 Å². The topological polar surface area (TPSA) is 9.23 Å². The molecule has 3 atom stereocenters. The molecule has 0 spiro atoms. The molecule has 0 bridgehead atoms. The van der Waals surface area contributed by atoms with E-state index in [-0.39, 0.29) is 5.41 Å². The molecule has 4 heteroatoms. The van der Waals surface area contributed by atoms with Crippen molar-refractivity contribution in [2.75, 3.05) is 6.61 Å². The second-order valence-corrected chi connectivity index (χ2v) is 5.91. The summed E-state index contributed by atoms with van der Waals surface area (Å²) < 4.78 is 41.8. The number of ether oxygens (including phenoxy) is 1. The minimum Gasteiger partial charge on any atom is -0.368 e. The number of halogens is 3. The number of alkyl halides is 3. The largest absolute Gasteiger partial charge is 0.411 e. The highest BCUT2D eigenvalue weighted by molar-refractivity contribution is 5.15. The van der Waals surface area contributed by atoms with E-state index in [1.54, 1.807) is 6.92 Å². The number of allylic oxidation sites excluding steroid dienone is 1. The molecule has 1 nitrogen and oxygen atoms in total. The summed E-state index contributed by atoms with van der Waals surface area (Å²) in [5.74, 6) is 0.557. The van der Waals surface area contributed by atoms with Gasteiger partial charge in [-0.15, -0.1) is 0 Å². The zero-order valence-electron chi connectivity index (χ0n) is 12.3. The first kappa shape index (κ1) is 16.5. The van der Waals surface area contributed by atoms with Gasteiger partial charge in [-0.1, -0.05) is 38.8 Å². The summed E-state index contributed by atoms with van der Waals surface area (Å²) >= 11 is 0. The van der Waals surface area contributed by atoms with Gasteiger partial charge in [0.1, 0.15) is 6.61 Å². The average molecular weight is 278 g/mol. The molecule has 0 aromatic carbocycles. The monoisotopic (exact) mass is 278 g/mol. The fourth-order valence-electron chi connectivity index (χ4n) is 2.88. The first-order valence-electron chi connectivity index (χ1n) is 7.09. The Kier molecular flexibility index (Phi) is 5.48. The van der Waals surface area contributed by atoms with E-state index in [9.17, 15) is 13.2 Å². The Labute approximate surface area is 114 Å². The lowest BCUT2D eigenvalue weighted by Crippen LogP contribution is -2.37. The van der Waals surface area contributed by atoms with Crippen LogP contribution in [-0.4, -0.2) is 18.9 Å². The summed E-state index contributed by atoms with van der Waals surface area (Å²) in [5, 5.41) is 0.